The van der Waals surface area contributed by atoms with Gasteiger partial charge < -0.3 is 9.47 Å². The lowest BCUT2D eigenvalue weighted by Crippen LogP contribution is -2.32. The van der Waals surface area contributed by atoms with E-state index in [1.807, 2.05) is 0 Å². The Morgan fingerprint density at radius 3 is 1.94 bits per heavy atom. The van der Waals surface area contributed by atoms with Gasteiger partial charge in [-0.25, -0.2) is 0 Å². The van der Waals surface area contributed by atoms with Crippen molar-refractivity contribution in [1.29, 1.82) is 0 Å². The summed E-state index contributed by atoms with van der Waals surface area (Å²) in [6.07, 6.45) is 10.2. The summed E-state index contributed by atoms with van der Waals surface area (Å²) in [5.41, 5.74) is 0. The number of unbranched alkanes of at least 4 members (excludes halogenated alkanes) is 4. The molecular weight excluding hydrogens is 200 g/mol. The second kappa shape index (κ2) is 9.00. The van der Waals surface area contributed by atoms with Gasteiger partial charge in [-0.05, 0) is 19.3 Å². The van der Waals surface area contributed by atoms with Crippen LogP contribution in [0.1, 0.15) is 65.2 Å². The Morgan fingerprint density at radius 1 is 0.812 bits per heavy atom. The quantitative estimate of drug-likeness (QED) is 0.581. The van der Waals surface area contributed by atoms with E-state index in [1.54, 1.807) is 0 Å². The maximum absolute atomic E-state index is 5.75. The van der Waals surface area contributed by atoms with Crippen molar-refractivity contribution in [1.82, 2.24) is 0 Å². The molecule has 0 aromatic heterocycles. The van der Waals surface area contributed by atoms with Gasteiger partial charge in [-0.1, -0.05) is 46.0 Å². The smallest absolute Gasteiger partial charge is 0.157 e. The molecule has 0 radical (unpaired) electrons. The fraction of sp³-hybridized carbons (Fsp3) is 1.00. The molecule has 1 fully saturated rings. The lowest BCUT2D eigenvalue weighted by molar-refractivity contribution is -0.204. The average Bonchev–Trinajstić information content (AvgIpc) is 2.32. The highest BCUT2D eigenvalue weighted by Crippen LogP contribution is 2.20. The van der Waals surface area contributed by atoms with Gasteiger partial charge in [-0.3, -0.25) is 0 Å². The van der Waals surface area contributed by atoms with Crippen LogP contribution in [0.4, 0.5) is 0 Å². The minimum absolute atomic E-state index is 0.0916. The summed E-state index contributed by atoms with van der Waals surface area (Å²) in [7, 11) is 0. The van der Waals surface area contributed by atoms with Crippen molar-refractivity contribution in [3.63, 3.8) is 0 Å². The molecule has 16 heavy (non-hydrogen) atoms. The van der Waals surface area contributed by atoms with Crippen LogP contribution in [0.25, 0.3) is 0 Å². The van der Waals surface area contributed by atoms with E-state index in [4.69, 9.17) is 9.47 Å². The van der Waals surface area contributed by atoms with E-state index in [1.165, 1.54) is 44.9 Å². The molecule has 0 spiro atoms. The van der Waals surface area contributed by atoms with Crippen molar-refractivity contribution in [3.8, 4) is 0 Å². The highest BCUT2D eigenvalue weighted by Gasteiger charge is 2.21. The largest absolute Gasteiger partial charge is 0.352 e. The van der Waals surface area contributed by atoms with Crippen LogP contribution in [0.15, 0.2) is 0 Å². The standard InChI is InChI=1S/C14H28O2/c1-3-5-7-9-13-11-15-14(16-12-13)10-8-6-4-2/h13-14H,3-12H2,1-2H3. The first-order valence-corrected chi connectivity index (χ1v) is 7.10. The first kappa shape index (κ1) is 14.0. The Morgan fingerprint density at radius 2 is 1.38 bits per heavy atom. The van der Waals surface area contributed by atoms with Gasteiger partial charge >= 0.3 is 0 Å². The molecule has 96 valence electrons. The van der Waals surface area contributed by atoms with Gasteiger partial charge in [0.05, 0.1) is 13.2 Å². The van der Waals surface area contributed by atoms with Crippen molar-refractivity contribution in [3.05, 3.63) is 0 Å². The highest BCUT2D eigenvalue weighted by atomic mass is 16.7. The monoisotopic (exact) mass is 228 g/mol. The second-order valence-corrected chi connectivity index (χ2v) is 4.95. The first-order chi connectivity index (χ1) is 7.86. The van der Waals surface area contributed by atoms with E-state index < -0.39 is 0 Å². The molecule has 2 heteroatoms. The summed E-state index contributed by atoms with van der Waals surface area (Å²) in [5, 5.41) is 0. The van der Waals surface area contributed by atoms with Crippen molar-refractivity contribution in [2.45, 2.75) is 71.5 Å². The van der Waals surface area contributed by atoms with Gasteiger partial charge in [0.2, 0.25) is 0 Å². The Balaban J connectivity index is 2.00. The van der Waals surface area contributed by atoms with Crippen LogP contribution in [-0.4, -0.2) is 19.5 Å². The van der Waals surface area contributed by atoms with E-state index in [-0.39, 0.29) is 6.29 Å². The molecule has 1 heterocycles. The zero-order chi connectivity index (χ0) is 11.6. The van der Waals surface area contributed by atoms with Gasteiger partial charge in [0.1, 0.15) is 0 Å². The molecule has 0 bridgehead atoms. The summed E-state index contributed by atoms with van der Waals surface area (Å²) >= 11 is 0. The number of rotatable bonds is 8. The normalized spacial score (nSPS) is 25.9. The molecule has 0 aromatic carbocycles. The van der Waals surface area contributed by atoms with Crippen molar-refractivity contribution < 1.29 is 9.47 Å². The molecular formula is C14H28O2. The number of hydrogen-bond donors (Lipinski definition) is 0. The molecule has 1 aliphatic rings. The highest BCUT2D eigenvalue weighted by molar-refractivity contribution is 4.63. The van der Waals surface area contributed by atoms with Crippen LogP contribution in [0, 0.1) is 5.92 Å². The molecule has 2 nitrogen and oxygen atoms in total. The van der Waals surface area contributed by atoms with Crippen LogP contribution >= 0.6 is 0 Å². The summed E-state index contributed by atoms with van der Waals surface area (Å²) in [5.74, 6) is 0.647. The van der Waals surface area contributed by atoms with Gasteiger partial charge in [0.15, 0.2) is 6.29 Å². The van der Waals surface area contributed by atoms with E-state index in [9.17, 15) is 0 Å². The molecule has 1 aliphatic heterocycles. The molecule has 0 N–H and O–H groups in total. The molecule has 0 aromatic rings. The summed E-state index contributed by atoms with van der Waals surface area (Å²) in [6, 6.07) is 0. The van der Waals surface area contributed by atoms with Gasteiger partial charge in [0, 0.05) is 5.92 Å². The van der Waals surface area contributed by atoms with E-state index >= 15 is 0 Å². The molecule has 0 unspecified atom stereocenters. The zero-order valence-electron chi connectivity index (χ0n) is 11.0. The molecule has 0 amide bonds. The summed E-state index contributed by atoms with van der Waals surface area (Å²) < 4.78 is 11.5. The minimum atomic E-state index is 0.0916. The topological polar surface area (TPSA) is 18.5 Å². The molecule has 0 saturated carbocycles. The Labute approximate surface area is 101 Å². The van der Waals surface area contributed by atoms with Crippen LogP contribution in [-0.2, 0) is 9.47 Å². The Bertz CT molecular complexity index is 133. The van der Waals surface area contributed by atoms with Crippen molar-refractivity contribution in [2.75, 3.05) is 13.2 Å². The van der Waals surface area contributed by atoms with E-state index in [0.717, 1.165) is 19.6 Å². The fourth-order valence-corrected chi connectivity index (χ4v) is 2.16. The lowest BCUT2D eigenvalue weighted by Gasteiger charge is -2.29. The van der Waals surface area contributed by atoms with Crippen LogP contribution < -0.4 is 0 Å². The molecule has 0 aliphatic carbocycles. The van der Waals surface area contributed by atoms with Crippen molar-refractivity contribution in [2.24, 2.45) is 5.92 Å². The molecule has 1 saturated heterocycles. The minimum Gasteiger partial charge on any atom is -0.352 e. The predicted molar refractivity (Wildman–Crippen MR) is 67.5 cm³/mol. The molecule has 0 atom stereocenters. The lowest BCUT2D eigenvalue weighted by atomic mass is 10.0. The van der Waals surface area contributed by atoms with E-state index in [2.05, 4.69) is 13.8 Å². The number of ether oxygens (including phenoxy) is 2. The predicted octanol–water partition coefficient (Wildman–Crippen LogP) is 4.14. The average molecular weight is 228 g/mol. The van der Waals surface area contributed by atoms with Crippen LogP contribution in [0.2, 0.25) is 0 Å². The van der Waals surface area contributed by atoms with Gasteiger partial charge in [-0.15, -0.1) is 0 Å². The SMILES string of the molecule is CCCCCC1COC(CCCCC)OC1. The maximum atomic E-state index is 5.75. The Kier molecular flexibility index (Phi) is 7.87. The van der Waals surface area contributed by atoms with Gasteiger partial charge in [0.25, 0.3) is 0 Å². The maximum Gasteiger partial charge on any atom is 0.157 e. The Hall–Kier alpha value is -0.0800. The summed E-state index contributed by atoms with van der Waals surface area (Å²) in [4.78, 5) is 0. The van der Waals surface area contributed by atoms with Crippen LogP contribution in [0.3, 0.4) is 0 Å². The second-order valence-electron chi connectivity index (χ2n) is 4.95. The number of hydrogen-bond acceptors (Lipinski definition) is 2. The third-order valence-corrected chi connectivity index (χ3v) is 3.29. The zero-order valence-corrected chi connectivity index (χ0v) is 11.0. The third kappa shape index (κ3) is 5.86. The summed E-state index contributed by atoms with van der Waals surface area (Å²) in [6.45, 7) is 6.31. The fourth-order valence-electron chi connectivity index (χ4n) is 2.16. The third-order valence-electron chi connectivity index (χ3n) is 3.29. The van der Waals surface area contributed by atoms with Gasteiger partial charge in [-0.2, -0.15) is 0 Å². The molecule has 1 rings (SSSR count). The van der Waals surface area contributed by atoms with E-state index in [0.29, 0.717) is 5.92 Å². The van der Waals surface area contributed by atoms with Crippen molar-refractivity contribution >= 4 is 0 Å². The van der Waals surface area contributed by atoms with Crippen LogP contribution in [0.5, 0.6) is 0 Å². The first-order valence-electron chi connectivity index (χ1n) is 7.10.